The zero-order valence-electron chi connectivity index (χ0n) is 13.1. The molecule has 1 aliphatic carbocycles. The van der Waals surface area contributed by atoms with Crippen molar-refractivity contribution in [3.63, 3.8) is 0 Å². The predicted octanol–water partition coefficient (Wildman–Crippen LogP) is 2.92. The Labute approximate surface area is 131 Å². The van der Waals surface area contributed by atoms with Gasteiger partial charge in [0.15, 0.2) is 4.96 Å². The fourth-order valence-corrected chi connectivity index (χ4v) is 4.77. The monoisotopic (exact) mass is 306 g/mol. The quantitative estimate of drug-likeness (QED) is 0.892. The number of nitrogens with two attached hydrogens (primary N) is 1. The van der Waals surface area contributed by atoms with Crippen molar-refractivity contribution in [2.24, 2.45) is 5.73 Å². The highest BCUT2D eigenvalue weighted by Gasteiger charge is 2.43. The van der Waals surface area contributed by atoms with Crippen molar-refractivity contribution in [2.45, 2.75) is 57.5 Å². The van der Waals surface area contributed by atoms with E-state index in [0.717, 1.165) is 30.2 Å². The number of nitrogens with zero attached hydrogens (tertiary/aromatic N) is 3. The average Bonchev–Trinajstić information content (AvgIpc) is 3.15. The van der Waals surface area contributed by atoms with Crippen molar-refractivity contribution in [3.8, 4) is 0 Å². The standard InChI is InChI=1S/C16H26N4S/c1-3-20(4-2)16(7-5-6-8-16)14(17)11-13-12-19-9-10-21-15(19)18-13/h9-10,12,14H,3-8,11,17H2,1-2H3. The van der Waals surface area contributed by atoms with Crippen LogP contribution >= 0.6 is 11.3 Å². The summed E-state index contributed by atoms with van der Waals surface area (Å²) in [5, 5.41) is 2.07. The minimum absolute atomic E-state index is 0.171. The van der Waals surface area contributed by atoms with Crippen LogP contribution in [0.5, 0.6) is 0 Å². The van der Waals surface area contributed by atoms with E-state index in [9.17, 15) is 0 Å². The molecule has 1 aliphatic rings. The van der Waals surface area contributed by atoms with Gasteiger partial charge in [0.25, 0.3) is 0 Å². The molecule has 0 aliphatic heterocycles. The fourth-order valence-electron chi connectivity index (χ4n) is 4.05. The van der Waals surface area contributed by atoms with E-state index in [1.54, 1.807) is 11.3 Å². The van der Waals surface area contributed by atoms with Gasteiger partial charge in [-0.25, -0.2) is 4.98 Å². The van der Waals surface area contributed by atoms with Crippen LogP contribution in [0.15, 0.2) is 17.8 Å². The topological polar surface area (TPSA) is 46.6 Å². The minimum atomic E-state index is 0.171. The summed E-state index contributed by atoms with van der Waals surface area (Å²) in [6, 6.07) is 0.171. The molecule has 3 rings (SSSR count). The maximum Gasteiger partial charge on any atom is 0.193 e. The number of rotatable bonds is 6. The molecule has 1 fully saturated rings. The first-order valence-corrected chi connectivity index (χ1v) is 8.99. The summed E-state index contributed by atoms with van der Waals surface area (Å²) in [6.07, 6.45) is 10.2. The Bertz CT molecular complexity index is 549. The third-order valence-corrected chi connectivity index (χ3v) is 5.90. The van der Waals surface area contributed by atoms with E-state index >= 15 is 0 Å². The molecule has 4 nitrogen and oxygen atoms in total. The van der Waals surface area contributed by atoms with Crippen LogP contribution < -0.4 is 5.73 Å². The van der Waals surface area contributed by atoms with Gasteiger partial charge < -0.3 is 5.73 Å². The van der Waals surface area contributed by atoms with Gasteiger partial charge in [-0.3, -0.25) is 9.30 Å². The molecule has 0 amide bonds. The summed E-state index contributed by atoms with van der Waals surface area (Å²) < 4.78 is 2.10. The highest BCUT2D eigenvalue weighted by molar-refractivity contribution is 7.15. The number of hydrogen-bond acceptors (Lipinski definition) is 4. The van der Waals surface area contributed by atoms with E-state index in [1.165, 1.54) is 25.7 Å². The zero-order valence-corrected chi connectivity index (χ0v) is 13.9. The summed E-state index contributed by atoms with van der Waals surface area (Å²) in [6.45, 7) is 6.68. The summed E-state index contributed by atoms with van der Waals surface area (Å²) >= 11 is 1.68. The average molecular weight is 306 g/mol. The van der Waals surface area contributed by atoms with Crippen LogP contribution in [0.25, 0.3) is 4.96 Å². The van der Waals surface area contributed by atoms with Crippen LogP contribution in [0.1, 0.15) is 45.2 Å². The Hall–Kier alpha value is -0.910. The second kappa shape index (κ2) is 6.07. The Kier molecular flexibility index (Phi) is 4.33. The van der Waals surface area contributed by atoms with Gasteiger partial charge in [-0.2, -0.15) is 0 Å². The molecule has 2 N–H and O–H groups in total. The van der Waals surface area contributed by atoms with Gasteiger partial charge >= 0.3 is 0 Å². The van der Waals surface area contributed by atoms with Crippen molar-refractivity contribution >= 4 is 16.3 Å². The van der Waals surface area contributed by atoms with Crippen molar-refractivity contribution in [3.05, 3.63) is 23.5 Å². The Morgan fingerprint density at radius 3 is 2.71 bits per heavy atom. The van der Waals surface area contributed by atoms with Crippen LogP contribution in [0, 0.1) is 0 Å². The van der Waals surface area contributed by atoms with Crippen LogP contribution in [0.4, 0.5) is 0 Å². The maximum absolute atomic E-state index is 6.70. The van der Waals surface area contributed by atoms with Gasteiger partial charge in [-0.15, -0.1) is 11.3 Å². The third-order valence-electron chi connectivity index (χ3n) is 5.13. The van der Waals surface area contributed by atoms with Gasteiger partial charge in [0.2, 0.25) is 0 Å². The second-order valence-corrected chi connectivity index (χ2v) is 6.99. The molecule has 2 heterocycles. The highest BCUT2D eigenvalue weighted by Crippen LogP contribution is 2.38. The van der Waals surface area contributed by atoms with Crippen LogP contribution in [-0.2, 0) is 6.42 Å². The first-order valence-electron chi connectivity index (χ1n) is 8.11. The van der Waals surface area contributed by atoms with Gasteiger partial charge in [-0.05, 0) is 25.9 Å². The molecule has 0 saturated heterocycles. The third kappa shape index (κ3) is 2.62. The SMILES string of the molecule is CCN(CC)C1(C(N)Cc2cn3ccsc3n2)CCCC1. The van der Waals surface area contributed by atoms with E-state index < -0.39 is 0 Å². The van der Waals surface area contributed by atoms with Crippen molar-refractivity contribution in [2.75, 3.05) is 13.1 Å². The number of aromatic nitrogens is 2. The van der Waals surface area contributed by atoms with Crippen LogP contribution in [-0.4, -0.2) is 39.0 Å². The molecule has 0 aromatic carbocycles. The van der Waals surface area contributed by atoms with Gasteiger partial charge in [-0.1, -0.05) is 26.7 Å². The van der Waals surface area contributed by atoms with Gasteiger partial charge in [0.05, 0.1) is 5.69 Å². The molecule has 1 unspecified atom stereocenters. The number of fused-ring (bicyclic) bond motifs is 1. The van der Waals surface area contributed by atoms with Crippen molar-refractivity contribution < 1.29 is 0 Å². The molecule has 0 spiro atoms. The van der Waals surface area contributed by atoms with Gasteiger partial charge in [0.1, 0.15) is 0 Å². The molecular weight excluding hydrogens is 280 g/mol. The summed E-state index contributed by atoms with van der Waals surface area (Å²) in [5.74, 6) is 0. The second-order valence-electron chi connectivity index (χ2n) is 6.12. The first-order chi connectivity index (χ1) is 10.2. The van der Waals surface area contributed by atoms with Crippen molar-refractivity contribution in [1.82, 2.24) is 14.3 Å². The minimum Gasteiger partial charge on any atom is -0.326 e. The highest BCUT2D eigenvalue weighted by atomic mass is 32.1. The van der Waals surface area contributed by atoms with E-state index in [0.29, 0.717) is 0 Å². The molecule has 2 aromatic rings. The Morgan fingerprint density at radius 1 is 1.38 bits per heavy atom. The molecule has 5 heteroatoms. The molecule has 0 radical (unpaired) electrons. The Balaban J connectivity index is 1.80. The smallest absolute Gasteiger partial charge is 0.193 e. The number of thiazole rings is 1. The molecule has 0 bridgehead atoms. The number of likely N-dealkylation sites (N-methyl/N-ethyl adjacent to an activating group) is 1. The molecule has 1 atom stereocenters. The lowest BCUT2D eigenvalue weighted by molar-refractivity contribution is 0.0769. The zero-order chi connectivity index (χ0) is 14.9. The lowest BCUT2D eigenvalue weighted by atomic mass is 9.84. The number of imidazole rings is 1. The van der Waals surface area contributed by atoms with Crippen LogP contribution in [0.3, 0.4) is 0 Å². The van der Waals surface area contributed by atoms with E-state index in [4.69, 9.17) is 10.7 Å². The number of hydrogen-bond donors (Lipinski definition) is 1. The lowest BCUT2D eigenvalue weighted by Gasteiger charge is -2.44. The normalized spacial score (nSPS) is 19.6. The molecule has 21 heavy (non-hydrogen) atoms. The van der Waals surface area contributed by atoms with E-state index in [2.05, 4.69) is 40.9 Å². The fraction of sp³-hybridized carbons (Fsp3) is 0.688. The predicted molar refractivity (Wildman–Crippen MR) is 88.9 cm³/mol. The maximum atomic E-state index is 6.70. The van der Waals surface area contributed by atoms with E-state index in [1.807, 2.05) is 0 Å². The van der Waals surface area contributed by atoms with Crippen molar-refractivity contribution in [1.29, 1.82) is 0 Å². The first kappa shape index (κ1) is 15.0. The summed E-state index contributed by atoms with van der Waals surface area (Å²) in [7, 11) is 0. The molecule has 116 valence electrons. The van der Waals surface area contributed by atoms with E-state index in [-0.39, 0.29) is 11.6 Å². The molecular formula is C16H26N4S. The molecule has 2 aromatic heterocycles. The van der Waals surface area contributed by atoms with Crippen LogP contribution in [0.2, 0.25) is 0 Å². The Morgan fingerprint density at radius 2 is 2.10 bits per heavy atom. The summed E-state index contributed by atoms with van der Waals surface area (Å²) in [5.41, 5.74) is 8.01. The summed E-state index contributed by atoms with van der Waals surface area (Å²) in [4.78, 5) is 8.37. The van der Waals surface area contributed by atoms with Gasteiger partial charge in [0, 0.05) is 35.8 Å². The molecule has 1 saturated carbocycles. The lowest BCUT2D eigenvalue weighted by Crippen LogP contribution is -2.59. The largest absolute Gasteiger partial charge is 0.326 e.